The maximum absolute atomic E-state index is 12.5. The number of amides is 1. The third kappa shape index (κ3) is 37.5. The van der Waals surface area contributed by atoms with Crippen LogP contribution in [0.4, 0.5) is 0 Å². The van der Waals surface area contributed by atoms with Gasteiger partial charge in [0.1, 0.15) is 6.10 Å². The van der Waals surface area contributed by atoms with Crippen LogP contribution in [0.1, 0.15) is 264 Å². The minimum atomic E-state index is -1.07. The van der Waals surface area contributed by atoms with Gasteiger partial charge in [-0.05, 0) is 12.8 Å². The van der Waals surface area contributed by atoms with E-state index >= 15 is 0 Å². The summed E-state index contributed by atoms with van der Waals surface area (Å²) in [5, 5.41) is 33.3. The lowest BCUT2D eigenvalue weighted by Gasteiger charge is -2.23. The molecule has 1 amide bonds. The lowest BCUT2D eigenvalue weighted by molar-refractivity contribution is -0.131. The molecule has 3 atom stereocenters. The molecule has 0 spiro atoms. The van der Waals surface area contributed by atoms with E-state index in [4.69, 9.17) is 0 Å². The first-order chi connectivity index (χ1) is 25.1. The molecule has 4 N–H and O–H groups in total. The molecule has 0 aromatic heterocycles. The van der Waals surface area contributed by atoms with Crippen LogP contribution < -0.4 is 5.32 Å². The summed E-state index contributed by atoms with van der Waals surface area (Å²) >= 11 is 0. The molecule has 0 bridgehead atoms. The molecule has 0 heterocycles. The average Bonchev–Trinajstić information content (AvgIpc) is 3.13. The molecule has 0 saturated carbocycles. The quantitative estimate of drug-likeness (QED) is 0.0472. The number of hydrogen-bond acceptors (Lipinski definition) is 4. The number of hydrogen-bond donors (Lipinski definition) is 4. The van der Waals surface area contributed by atoms with Crippen LogP contribution in [0.15, 0.2) is 0 Å². The standard InChI is InChI=1S/C46H93NO4/c1-3-5-7-9-11-13-15-17-19-20-21-22-23-24-25-26-27-29-30-32-34-36-38-40-44(49)43(42-48)47-46(51)45(50)41-39-37-35-33-31-28-18-16-14-12-10-8-6-4-2/h43-45,48-50H,3-42H2,1-2H3,(H,47,51). The molecule has 5 heteroatoms. The van der Waals surface area contributed by atoms with E-state index in [0.717, 1.165) is 32.1 Å². The Morgan fingerprint density at radius 1 is 0.392 bits per heavy atom. The second-order valence-corrected chi connectivity index (χ2v) is 16.3. The van der Waals surface area contributed by atoms with E-state index in [1.807, 2.05) is 0 Å². The second kappa shape index (κ2) is 42.1. The molecular weight excluding hydrogens is 631 g/mol. The molecule has 5 nitrogen and oxygen atoms in total. The first-order valence-corrected chi connectivity index (χ1v) is 23.3. The second-order valence-electron chi connectivity index (χ2n) is 16.3. The fraction of sp³-hybridized carbons (Fsp3) is 0.978. The molecule has 0 aromatic carbocycles. The van der Waals surface area contributed by atoms with Crippen molar-refractivity contribution >= 4 is 5.91 Å². The zero-order valence-corrected chi connectivity index (χ0v) is 34.8. The van der Waals surface area contributed by atoms with Gasteiger partial charge in [0.25, 0.3) is 0 Å². The summed E-state index contributed by atoms with van der Waals surface area (Å²) in [6.07, 6.45) is 48.3. The molecule has 0 aliphatic heterocycles. The van der Waals surface area contributed by atoms with Crippen molar-refractivity contribution in [3.63, 3.8) is 0 Å². The predicted molar refractivity (Wildman–Crippen MR) is 222 cm³/mol. The fourth-order valence-electron chi connectivity index (χ4n) is 7.55. The Hall–Kier alpha value is -0.650. The third-order valence-electron chi connectivity index (χ3n) is 11.2. The summed E-state index contributed by atoms with van der Waals surface area (Å²) in [5.41, 5.74) is 0. The van der Waals surface area contributed by atoms with Gasteiger partial charge in [-0.15, -0.1) is 0 Å². The van der Waals surface area contributed by atoms with Crippen molar-refractivity contribution in [3.05, 3.63) is 0 Å². The minimum Gasteiger partial charge on any atom is -0.394 e. The van der Waals surface area contributed by atoms with Gasteiger partial charge in [-0.25, -0.2) is 0 Å². The van der Waals surface area contributed by atoms with E-state index < -0.39 is 24.2 Å². The maximum Gasteiger partial charge on any atom is 0.249 e. The van der Waals surface area contributed by atoms with Crippen molar-refractivity contribution < 1.29 is 20.1 Å². The molecule has 0 saturated heterocycles. The van der Waals surface area contributed by atoms with Crippen LogP contribution in [0, 0.1) is 0 Å². The number of carbonyl (C=O) groups excluding carboxylic acids is 1. The Morgan fingerprint density at radius 2 is 0.627 bits per heavy atom. The van der Waals surface area contributed by atoms with Crippen LogP contribution in [0.3, 0.4) is 0 Å². The van der Waals surface area contributed by atoms with Gasteiger partial charge in [0, 0.05) is 0 Å². The number of rotatable bonds is 43. The summed E-state index contributed by atoms with van der Waals surface area (Å²) in [7, 11) is 0. The molecule has 51 heavy (non-hydrogen) atoms. The minimum absolute atomic E-state index is 0.308. The van der Waals surface area contributed by atoms with Gasteiger partial charge in [-0.1, -0.05) is 251 Å². The average molecular weight is 724 g/mol. The third-order valence-corrected chi connectivity index (χ3v) is 11.2. The molecular formula is C46H93NO4. The van der Waals surface area contributed by atoms with Gasteiger partial charge in [0.15, 0.2) is 0 Å². The van der Waals surface area contributed by atoms with Gasteiger partial charge >= 0.3 is 0 Å². The van der Waals surface area contributed by atoms with E-state index in [0.29, 0.717) is 12.8 Å². The SMILES string of the molecule is CCCCCCCCCCCCCCCCCCCCCCCCCC(O)C(CO)NC(=O)C(O)CCCCCCCCCCCCCCCC. The fourth-order valence-corrected chi connectivity index (χ4v) is 7.55. The van der Waals surface area contributed by atoms with Crippen molar-refractivity contribution in [2.24, 2.45) is 0 Å². The number of aliphatic hydroxyl groups is 3. The van der Waals surface area contributed by atoms with E-state index in [1.54, 1.807) is 0 Å². The number of carbonyl (C=O) groups is 1. The predicted octanol–water partition coefficient (Wildman–Crippen LogP) is 13.4. The zero-order chi connectivity index (χ0) is 37.3. The van der Waals surface area contributed by atoms with Crippen LogP contribution in [-0.4, -0.2) is 46.1 Å². The van der Waals surface area contributed by atoms with E-state index in [-0.39, 0.29) is 6.61 Å². The summed E-state index contributed by atoms with van der Waals surface area (Å²) in [6, 6.07) is -0.705. The summed E-state index contributed by atoms with van der Waals surface area (Å²) in [5.74, 6) is -0.466. The van der Waals surface area contributed by atoms with Crippen LogP contribution in [0.5, 0.6) is 0 Å². The molecule has 0 rings (SSSR count). The Kier molecular flexibility index (Phi) is 41.6. The molecule has 0 aromatic rings. The summed E-state index contributed by atoms with van der Waals surface area (Å²) in [6.45, 7) is 4.25. The normalized spacial score (nSPS) is 13.4. The van der Waals surface area contributed by atoms with Crippen LogP contribution in [0.2, 0.25) is 0 Å². The molecule has 306 valence electrons. The van der Waals surface area contributed by atoms with Gasteiger partial charge in [-0.2, -0.15) is 0 Å². The molecule has 0 aliphatic rings. The molecule has 0 radical (unpaired) electrons. The van der Waals surface area contributed by atoms with E-state index in [1.165, 1.54) is 205 Å². The van der Waals surface area contributed by atoms with Crippen molar-refractivity contribution in [3.8, 4) is 0 Å². The van der Waals surface area contributed by atoms with Crippen molar-refractivity contribution in [1.82, 2.24) is 5.32 Å². The highest BCUT2D eigenvalue weighted by Gasteiger charge is 2.23. The highest BCUT2D eigenvalue weighted by atomic mass is 16.3. The van der Waals surface area contributed by atoms with Crippen LogP contribution in [-0.2, 0) is 4.79 Å². The first-order valence-electron chi connectivity index (χ1n) is 23.3. The summed E-state index contributed by atoms with van der Waals surface area (Å²) < 4.78 is 0. The lowest BCUT2D eigenvalue weighted by atomic mass is 10.0. The molecule has 0 aliphatic carbocycles. The van der Waals surface area contributed by atoms with Crippen molar-refractivity contribution in [1.29, 1.82) is 0 Å². The Morgan fingerprint density at radius 3 is 0.882 bits per heavy atom. The van der Waals surface area contributed by atoms with Gasteiger partial charge in [-0.3, -0.25) is 4.79 Å². The van der Waals surface area contributed by atoms with Crippen LogP contribution in [0.25, 0.3) is 0 Å². The number of aliphatic hydroxyl groups excluding tert-OH is 3. The Balaban J connectivity index is 3.54. The highest BCUT2D eigenvalue weighted by molar-refractivity contribution is 5.80. The highest BCUT2D eigenvalue weighted by Crippen LogP contribution is 2.17. The molecule has 3 unspecified atom stereocenters. The summed E-state index contributed by atoms with van der Waals surface area (Å²) in [4.78, 5) is 12.5. The van der Waals surface area contributed by atoms with Gasteiger partial charge in [0.2, 0.25) is 5.91 Å². The lowest BCUT2D eigenvalue weighted by Crippen LogP contribution is -2.49. The van der Waals surface area contributed by atoms with Gasteiger partial charge in [0.05, 0.1) is 18.8 Å². The number of unbranched alkanes of at least 4 members (excludes halogenated alkanes) is 35. The topological polar surface area (TPSA) is 89.8 Å². The van der Waals surface area contributed by atoms with Crippen molar-refractivity contribution in [2.45, 2.75) is 283 Å². The Labute approximate surface area is 319 Å². The first kappa shape index (κ1) is 50.4. The smallest absolute Gasteiger partial charge is 0.249 e. The van der Waals surface area contributed by atoms with E-state index in [9.17, 15) is 20.1 Å². The zero-order valence-electron chi connectivity index (χ0n) is 34.8. The largest absolute Gasteiger partial charge is 0.394 e. The monoisotopic (exact) mass is 724 g/mol. The Bertz CT molecular complexity index is 674. The van der Waals surface area contributed by atoms with Crippen molar-refractivity contribution in [2.75, 3.05) is 6.61 Å². The van der Waals surface area contributed by atoms with Crippen LogP contribution >= 0.6 is 0 Å². The number of nitrogens with one attached hydrogen (secondary N) is 1. The van der Waals surface area contributed by atoms with Gasteiger partial charge < -0.3 is 20.6 Å². The maximum atomic E-state index is 12.5. The van der Waals surface area contributed by atoms with E-state index in [2.05, 4.69) is 19.2 Å². The molecule has 0 fully saturated rings.